The normalized spacial score (nSPS) is 27.2. The highest BCUT2D eigenvalue weighted by molar-refractivity contribution is 4.97. The Morgan fingerprint density at radius 1 is 1.69 bits per heavy atom. The maximum atomic E-state index is 5.55. The first-order valence-corrected chi connectivity index (χ1v) is 6.00. The minimum absolute atomic E-state index is 0.299. The molecule has 1 fully saturated rings. The number of aryl methyl sites for hydroxylation is 1. The first-order chi connectivity index (χ1) is 7.68. The number of rotatable bonds is 4. The maximum absolute atomic E-state index is 5.55. The second-order valence-corrected chi connectivity index (χ2v) is 4.65. The number of nitrogens with zero attached hydrogens (tertiary/aromatic N) is 2. The Morgan fingerprint density at radius 3 is 3.06 bits per heavy atom. The number of hydrogen-bond donors (Lipinski definition) is 1. The molecule has 3 unspecified atom stereocenters. The van der Waals surface area contributed by atoms with Crippen LogP contribution in [-0.4, -0.2) is 28.8 Å². The molecular formula is C12H21N3O. The summed E-state index contributed by atoms with van der Waals surface area (Å²) >= 11 is 0. The van der Waals surface area contributed by atoms with E-state index in [-0.39, 0.29) is 0 Å². The van der Waals surface area contributed by atoms with Crippen LogP contribution in [0.1, 0.15) is 32.1 Å². The van der Waals surface area contributed by atoms with Gasteiger partial charge in [0.25, 0.3) is 0 Å². The molecular weight excluding hydrogens is 202 g/mol. The van der Waals surface area contributed by atoms with E-state index in [1.54, 1.807) is 0 Å². The van der Waals surface area contributed by atoms with Crippen LogP contribution >= 0.6 is 0 Å². The summed E-state index contributed by atoms with van der Waals surface area (Å²) < 4.78 is 7.61. The molecule has 1 aliphatic rings. The summed E-state index contributed by atoms with van der Waals surface area (Å²) in [5.41, 5.74) is 0. The van der Waals surface area contributed by atoms with E-state index in [2.05, 4.69) is 28.7 Å². The van der Waals surface area contributed by atoms with E-state index < -0.39 is 0 Å². The quantitative estimate of drug-likeness (QED) is 0.840. The Kier molecular flexibility index (Phi) is 3.61. The lowest BCUT2D eigenvalue weighted by Gasteiger charge is -2.19. The van der Waals surface area contributed by atoms with Crippen LogP contribution < -0.4 is 5.32 Å². The van der Waals surface area contributed by atoms with Crippen molar-refractivity contribution in [2.24, 2.45) is 13.0 Å². The Labute approximate surface area is 97.0 Å². The zero-order valence-corrected chi connectivity index (χ0v) is 10.3. The molecule has 1 aromatic rings. The largest absolute Gasteiger partial charge is 0.378 e. The van der Waals surface area contributed by atoms with Gasteiger partial charge >= 0.3 is 0 Å². The third-order valence-corrected chi connectivity index (χ3v) is 3.47. The van der Waals surface area contributed by atoms with Crippen LogP contribution in [0.2, 0.25) is 0 Å². The van der Waals surface area contributed by atoms with E-state index in [1.807, 2.05) is 19.4 Å². The lowest BCUT2D eigenvalue weighted by molar-refractivity contribution is 0.105. The molecule has 1 aromatic heterocycles. The molecule has 0 radical (unpaired) electrons. The van der Waals surface area contributed by atoms with E-state index in [9.17, 15) is 0 Å². The minimum Gasteiger partial charge on any atom is -0.378 e. The van der Waals surface area contributed by atoms with Crippen LogP contribution in [0.3, 0.4) is 0 Å². The van der Waals surface area contributed by atoms with Gasteiger partial charge in [0, 0.05) is 32.6 Å². The van der Waals surface area contributed by atoms with Crippen molar-refractivity contribution in [3.05, 3.63) is 18.2 Å². The summed E-state index contributed by atoms with van der Waals surface area (Å²) in [4.78, 5) is 4.35. The third kappa shape index (κ3) is 2.44. The van der Waals surface area contributed by atoms with Crippen LogP contribution in [0, 0.1) is 5.92 Å². The summed E-state index contributed by atoms with van der Waals surface area (Å²) in [6.45, 7) is 6.23. The van der Waals surface area contributed by atoms with Gasteiger partial charge in [-0.25, -0.2) is 4.98 Å². The Bertz CT molecular complexity index is 337. The van der Waals surface area contributed by atoms with Crippen molar-refractivity contribution in [1.82, 2.24) is 14.9 Å². The van der Waals surface area contributed by atoms with Gasteiger partial charge in [0.05, 0.1) is 12.1 Å². The first-order valence-electron chi connectivity index (χ1n) is 6.00. The highest BCUT2D eigenvalue weighted by atomic mass is 16.5. The maximum Gasteiger partial charge on any atom is 0.125 e. The molecule has 4 nitrogen and oxygen atoms in total. The predicted octanol–water partition coefficient (Wildman–Crippen LogP) is 1.50. The molecule has 4 heteroatoms. The zero-order chi connectivity index (χ0) is 11.5. The topological polar surface area (TPSA) is 39.1 Å². The number of nitrogens with one attached hydrogen (secondary N) is 1. The fourth-order valence-electron chi connectivity index (χ4n) is 2.26. The number of ether oxygens (including phenoxy) is 1. The molecule has 1 N–H and O–H groups in total. The molecule has 16 heavy (non-hydrogen) atoms. The standard InChI is InChI=1S/C12H21N3O/c1-9(12-13-5-6-15(12)3)14-8-11-4-7-16-10(11)2/h5-6,9-11,14H,4,7-8H2,1-3H3. The highest BCUT2D eigenvalue weighted by Crippen LogP contribution is 2.20. The van der Waals surface area contributed by atoms with Gasteiger partial charge in [-0.15, -0.1) is 0 Å². The van der Waals surface area contributed by atoms with E-state index >= 15 is 0 Å². The SMILES string of the molecule is CC(NCC1CCOC1C)c1nccn1C. The average Bonchev–Trinajstić information content (AvgIpc) is 2.84. The third-order valence-electron chi connectivity index (χ3n) is 3.47. The molecule has 3 atom stereocenters. The highest BCUT2D eigenvalue weighted by Gasteiger charge is 2.24. The summed E-state index contributed by atoms with van der Waals surface area (Å²) in [5, 5.41) is 3.53. The number of aromatic nitrogens is 2. The fraction of sp³-hybridized carbons (Fsp3) is 0.750. The number of hydrogen-bond acceptors (Lipinski definition) is 3. The zero-order valence-electron chi connectivity index (χ0n) is 10.3. The second-order valence-electron chi connectivity index (χ2n) is 4.65. The molecule has 0 amide bonds. The van der Waals surface area contributed by atoms with Gasteiger partial charge in [-0.05, 0) is 26.2 Å². The van der Waals surface area contributed by atoms with Crippen LogP contribution in [0.5, 0.6) is 0 Å². The first kappa shape index (κ1) is 11.6. The van der Waals surface area contributed by atoms with Crippen molar-refractivity contribution in [2.45, 2.75) is 32.4 Å². The van der Waals surface area contributed by atoms with E-state index in [1.165, 1.54) is 6.42 Å². The molecule has 0 bridgehead atoms. The molecule has 1 aliphatic heterocycles. The Hall–Kier alpha value is -0.870. The van der Waals surface area contributed by atoms with Crippen molar-refractivity contribution in [1.29, 1.82) is 0 Å². The molecule has 2 rings (SSSR count). The van der Waals surface area contributed by atoms with Crippen LogP contribution in [0.4, 0.5) is 0 Å². The van der Waals surface area contributed by atoms with E-state index in [0.717, 1.165) is 19.0 Å². The van der Waals surface area contributed by atoms with E-state index in [4.69, 9.17) is 4.74 Å². The fourth-order valence-corrected chi connectivity index (χ4v) is 2.26. The average molecular weight is 223 g/mol. The molecule has 0 aliphatic carbocycles. The summed E-state index contributed by atoms with van der Waals surface area (Å²) in [5.74, 6) is 1.73. The van der Waals surface area contributed by atoms with Crippen LogP contribution in [0.25, 0.3) is 0 Å². The monoisotopic (exact) mass is 223 g/mol. The Morgan fingerprint density at radius 2 is 2.50 bits per heavy atom. The molecule has 0 spiro atoms. The lowest BCUT2D eigenvalue weighted by Crippen LogP contribution is -2.30. The number of imidazole rings is 1. The van der Waals surface area contributed by atoms with Gasteiger partial charge in [0.2, 0.25) is 0 Å². The summed E-state index contributed by atoms with van der Waals surface area (Å²) in [6.07, 6.45) is 5.38. The van der Waals surface area contributed by atoms with Crippen molar-refractivity contribution in [3.8, 4) is 0 Å². The van der Waals surface area contributed by atoms with Gasteiger partial charge < -0.3 is 14.6 Å². The van der Waals surface area contributed by atoms with Gasteiger partial charge in [0.15, 0.2) is 0 Å². The Balaban J connectivity index is 1.84. The summed E-state index contributed by atoms with van der Waals surface area (Å²) in [6, 6.07) is 0.299. The van der Waals surface area contributed by atoms with Gasteiger partial charge in [-0.2, -0.15) is 0 Å². The van der Waals surface area contributed by atoms with Crippen molar-refractivity contribution in [2.75, 3.05) is 13.2 Å². The van der Waals surface area contributed by atoms with E-state index in [0.29, 0.717) is 18.1 Å². The van der Waals surface area contributed by atoms with Crippen molar-refractivity contribution in [3.63, 3.8) is 0 Å². The van der Waals surface area contributed by atoms with Gasteiger partial charge in [-0.3, -0.25) is 0 Å². The molecule has 0 saturated carbocycles. The molecule has 1 saturated heterocycles. The van der Waals surface area contributed by atoms with Crippen LogP contribution in [0.15, 0.2) is 12.4 Å². The second kappa shape index (κ2) is 4.97. The van der Waals surface area contributed by atoms with Crippen molar-refractivity contribution < 1.29 is 4.74 Å². The minimum atomic E-state index is 0.299. The van der Waals surface area contributed by atoms with Crippen LogP contribution in [-0.2, 0) is 11.8 Å². The van der Waals surface area contributed by atoms with Crippen molar-refractivity contribution >= 4 is 0 Å². The molecule has 2 heterocycles. The van der Waals surface area contributed by atoms with Gasteiger partial charge in [-0.1, -0.05) is 0 Å². The molecule has 0 aromatic carbocycles. The lowest BCUT2D eigenvalue weighted by atomic mass is 10.0. The smallest absolute Gasteiger partial charge is 0.125 e. The van der Waals surface area contributed by atoms with Gasteiger partial charge in [0.1, 0.15) is 5.82 Å². The molecule has 90 valence electrons. The predicted molar refractivity (Wildman–Crippen MR) is 63.1 cm³/mol. The summed E-state index contributed by atoms with van der Waals surface area (Å²) in [7, 11) is 2.03.